The van der Waals surface area contributed by atoms with Gasteiger partial charge >= 0.3 is 0 Å². The third-order valence-electron chi connectivity index (χ3n) is 4.40. The van der Waals surface area contributed by atoms with Crippen molar-refractivity contribution in [1.29, 1.82) is 0 Å². The van der Waals surface area contributed by atoms with Gasteiger partial charge in [0, 0.05) is 43.5 Å². The van der Waals surface area contributed by atoms with Gasteiger partial charge in [-0.25, -0.2) is 0 Å². The van der Waals surface area contributed by atoms with E-state index in [2.05, 4.69) is 5.10 Å². The second-order valence-corrected chi connectivity index (χ2v) is 6.18. The summed E-state index contributed by atoms with van der Waals surface area (Å²) in [4.78, 5) is 26.7. The van der Waals surface area contributed by atoms with Gasteiger partial charge in [-0.2, -0.15) is 5.10 Å². The van der Waals surface area contributed by atoms with Crippen molar-refractivity contribution < 1.29 is 4.79 Å². The third-order valence-corrected chi connectivity index (χ3v) is 4.40. The molecule has 2 heterocycles. The number of carbonyl (C=O) groups is 1. The van der Waals surface area contributed by atoms with E-state index in [0.29, 0.717) is 11.9 Å². The topological polar surface area (TPSA) is 60.1 Å². The van der Waals surface area contributed by atoms with Crippen LogP contribution in [0.4, 0.5) is 0 Å². The number of hydrogen-bond donors (Lipinski definition) is 0. The highest BCUT2D eigenvalue weighted by Crippen LogP contribution is 2.10. The van der Waals surface area contributed by atoms with Crippen LogP contribution in [0.5, 0.6) is 0 Å². The first-order valence-corrected chi connectivity index (χ1v) is 8.34. The zero-order chi connectivity index (χ0) is 18.0. The molecule has 0 saturated heterocycles. The first-order chi connectivity index (χ1) is 12.0. The van der Waals surface area contributed by atoms with Gasteiger partial charge in [-0.15, -0.1) is 0 Å². The number of likely N-dealkylation sites (N-methyl/N-ethyl adjacent to an activating group) is 1. The summed E-state index contributed by atoms with van der Waals surface area (Å²) >= 11 is 0. The summed E-state index contributed by atoms with van der Waals surface area (Å²) in [7, 11) is 1.75. The maximum atomic E-state index is 12.5. The lowest BCUT2D eigenvalue weighted by Gasteiger charge is -2.17. The van der Waals surface area contributed by atoms with Gasteiger partial charge in [0.25, 0.3) is 5.56 Å². The van der Waals surface area contributed by atoms with Gasteiger partial charge in [0.1, 0.15) is 6.54 Å². The van der Waals surface area contributed by atoms with Gasteiger partial charge < -0.3 is 9.47 Å². The van der Waals surface area contributed by atoms with Crippen molar-refractivity contribution in [3.05, 3.63) is 64.3 Å². The number of fused-ring (bicyclic) bond motifs is 1. The third kappa shape index (κ3) is 3.47. The smallest absolute Gasteiger partial charge is 0.258 e. The van der Waals surface area contributed by atoms with E-state index in [-0.39, 0.29) is 18.0 Å². The second kappa shape index (κ2) is 6.93. The molecule has 130 valence electrons. The molecule has 0 aliphatic heterocycles. The Morgan fingerprint density at radius 1 is 1.24 bits per heavy atom. The molecule has 1 aromatic carbocycles. The van der Waals surface area contributed by atoms with Gasteiger partial charge in [-0.1, -0.05) is 18.2 Å². The fraction of sp³-hybridized carbons (Fsp3) is 0.316. The standard InChI is InChI=1S/C19H22N4O2/c1-4-23-12-16(14(2)20-23)11-21(3)18(24)13-22-10-9-15-7-5-6-8-17(15)19(22)25/h5-10,12H,4,11,13H2,1-3H3. The van der Waals surface area contributed by atoms with Crippen molar-refractivity contribution in [2.24, 2.45) is 0 Å². The minimum atomic E-state index is -0.144. The summed E-state index contributed by atoms with van der Waals surface area (Å²) in [6.07, 6.45) is 3.64. The average Bonchev–Trinajstić information content (AvgIpc) is 2.97. The fourth-order valence-corrected chi connectivity index (χ4v) is 2.84. The van der Waals surface area contributed by atoms with Gasteiger partial charge in [0.2, 0.25) is 5.91 Å². The van der Waals surface area contributed by atoms with Crippen LogP contribution in [0.1, 0.15) is 18.2 Å². The van der Waals surface area contributed by atoms with Crippen molar-refractivity contribution in [3.63, 3.8) is 0 Å². The van der Waals surface area contributed by atoms with E-state index < -0.39 is 0 Å². The Labute approximate surface area is 146 Å². The second-order valence-electron chi connectivity index (χ2n) is 6.18. The molecule has 0 saturated carbocycles. The monoisotopic (exact) mass is 338 g/mol. The molecule has 0 bridgehead atoms. The lowest BCUT2D eigenvalue weighted by Crippen LogP contribution is -2.33. The summed E-state index contributed by atoms with van der Waals surface area (Å²) in [5, 5.41) is 5.90. The van der Waals surface area contributed by atoms with E-state index in [1.54, 1.807) is 24.2 Å². The molecule has 0 unspecified atom stereocenters. The lowest BCUT2D eigenvalue weighted by molar-refractivity contribution is -0.131. The molecule has 0 fully saturated rings. The number of benzene rings is 1. The van der Waals surface area contributed by atoms with Gasteiger partial charge in [-0.3, -0.25) is 14.3 Å². The SMILES string of the molecule is CCn1cc(CN(C)C(=O)Cn2ccc3ccccc3c2=O)c(C)n1. The molecule has 6 nitrogen and oxygen atoms in total. The molecule has 3 rings (SSSR count). The molecule has 0 spiro atoms. The normalized spacial score (nSPS) is 11.0. The molecule has 0 aliphatic carbocycles. The van der Waals surface area contributed by atoms with Crippen molar-refractivity contribution in [2.75, 3.05) is 7.05 Å². The van der Waals surface area contributed by atoms with Crippen LogP contribution in [-0.2, 0) is 24.4 Å². The predicted molar refractivity (Wildman–Crippen MR) is 97.3 cm³/mol. The minimum absolute atomic E-state index is 0.0289. The Balaban J connectivity index is 1.76. The zero-order valence-corrected chi connectivity index (χ0v) is 14.8. The average molecular weight is 338 g/mol. The van der Waals surface area contributed by atoms with Crippen LogP contribution < -0.4 is 5.56 Å². The Hall–Kier alpha value is -2.89. The van der Waals surface area contributed by atoms with Crippen molar-refractivity contribution in [1.82, 2.24) is 19.2 Å². The lowest BCUT2D eigenvalue weighted by atomic mass is 10.2. The highest BCUT2D eigenvalue weighted by atomic mass is 16.2. The number of rotatable bonds is 5. The van der Waals surface area contributed by atoms with Crippen molar-refractivity contribution in [2.45, 2.75) is 33.5 Å². The van der Waals surface area contributed by atoms with Crippen LogP contribution in [-0.4, -0.2) is 32.2 Å². The predicted octanol–water partition coefficient (Wildman–Crippen LogP) is 2.18. The number of nitrogens with zero attached hydrogens (tertiary/aromatic N) is 4. The summed E-state index contributed by atoms with van der Waals surface area (Å²) in [6.45, 7) is 5.27. The molecular formula is C19H22N4O2. The van der Waals surface area contributed by atoms with Crippen LogP contribution in [0.25, 0.3) is 10.8 Å². The van der Waals surface area contributed by atoms with E-state index in [1.807, 2.05) is 49.0 Å². The quantitative estimate of drug-likeness (QED) is 0.716. The number of aromatic nitrogens is 3. The van der Waals surface area contributed by atoms with Crippen molar-refractivity contribution >= 4 is 16.7 Å². The Morgan fingerprint density at radius 3 is 2.72 bits per heavy atom. The Bertz CT molecular complexity index is 971. The minimum Gasteiger partial charge on any atom is -0.340 e. The van der Waals surface area contributed by atoms with E-state index in [1.165, 1.54) is 4.57 Å². The maximum absolute atomic E-state index is 12.5. The van der Waals surface area contributed by atoms with E-state index in [4.69, 9.17) is 0 Å². The summed E-state index contributed by atoms with van der Waals surface area (Å²) in [6, 6.07) is 9.26. The number of aryl methyl sites for hydroxylation is 2. The highest BCUT2D eigenvalue weighted by molar-refractivity contribution is 5.82. The summed E-state index contributed by atoms with van der Waals surface area (Å²) in [5.74, 6) is -0.110. The maximum Gasteiger partial charge on any atom is 0.258 e. The van der Waals surface area contributed by atoms with Gasteiger partial charge in [0.05, 0.1) is 5.69 Å². The van der Waals surface area contributed by atoms with Crippen LogP contribution >= 0.6 is 0 Å². The summed E-state index contributed by atoms with van der Waals surface area (Å²) in [5.41, 5.74) is 1.79. The molecule has 1 amide bonds. The summed E-state index contributed by atoms with van der Waals surface area (Å²) < 4.78 is 3.32. The molecule has 0 aliphatic rings. The Kier molecular flexibility index (Phi) is 4.70. The van der Waals surface area contributed by atoms with E-state index >= 15 is 0 Å². The molecule has 6 heteroatoms. The molecule has 0 radical (unpaired) electrons. The van der Waals surface area contributed by atoms with Gasteiger partial charge in [0.15, 0.2) is 0 Å². The fourth-order valence-electron chi connectivity index (χ4n) is 2.84. The highest BCUT2D eigenvalue weighted by Gasteiger charge is 2.14. The van der Waals surface area contributed by atoms with Crippen LogP contribution in [0.15, 0.2) is 47.5 Å². The first-order valence-electron chi connectivity index (χ1n) is 8.34. The number of amides is 1. The molecular weight excluding hydrogens is 316 g/mol. The zero-order valence-electron chi connectivity index (χ0n) is 14.8. The molecule has 2 aromatic heterocycles. The van der Waals surface area contributed by atoms with Crippen LogP contribution in [0, 0.1) is 6.92 Å². The number of pyridine rings is 1. The number of hydrogen-bond acceptors (Lipinski definition) is 3. The molecule has 25 heavy (non-hydrogen) atoms. The Morgan fingerprint density at radius 2 is 2.00 bits per heavy atom. The molecule has 0 atom stereocenters. The van der Waals surface area contributed by atoms with E-state index in [0.717, 1.165) is 23.2 Å². The van der Waals surface area contributed by atoms with Crippen LogP contribution in [0.2, 0.25) is 0 Å². The number of carbonyl (C=O) groups excluding carboxylic acids is 1. The van der Waals surface area contributed by atoms with Gasteiger partial charge in [-0.05, 0) is 31.4 Å². The first kappa shape index (κ1) is 17.0. The van der Waals surface area contributed by atoms with E-state index in [9.17, 15) is 9.59 Å². The molecule has 0 N–H and O–H groups in total. The van der Waals surface area contributed by atoms with Crippen molar-refractivity contribution in [3.8, 4) is 0 Å². The molecule has 3 aromatic rings. The largest absolute Gasteiger partial charge is 0.340 e. The van der Waals surface area contributed by atoms with Crippen LogP contribution in [0.3, 0.4) is 0 Å².